The predicted octanol–water partition coefficient (Wildman–Crippen LogP) is 4.13. The Labute approximate surface area is 140 Å². The van der Waals surface area contributed by atoms with Crippen LogP contribution >= 0.6 is 0 Å². The number of ether oxygens (including phenoxy) is 2. The smallest absolute Gasteiger partial charge is 0.177 e. The highest BCUT2D eigenvalue weighted by molar-refractivity contribution is 5.79. The lowest BCUT2D eigenvalue weighted by Crippen LogP contribution is -2.01. The van der Waals surface area contributed by atoms with E-state index in [0.717, 1.165) is 28.3 Å². The van der Waals surface area contributed by atoms with Gasteiger partial charge in [0.2, 0.25) is 0 Å². The van der Waals surface area contributed by atoms with Crippen molar-refractivity contribution in [2.45, 2.75) is 6.29 Å². The molecule has 4 heteroatoms. The maximum Gasteiger partial charge on any atom is 0.177 e. The summed E-state index contributed by atoms with van der Waals surface area (Å²) < 4.78 is 10.9. The first-order valence-electron chi connectivity index (χ1n) is 8.02. The molecule has 0 atom stereocenters. The van der Waals surface area contributed by atoms with Crippen LogP contribution in [0, 0.1) is 0 Å². The van der Waals surface area contributed by atoms with Crippen LogP contribution in [-0.2, 0) is 9.47 Å². The molecule has 0 aliphatic carbocycles. The number of hydrogen-bond acceptors (Lipinski definition) is 3. The fraction of sp³-hybridized carbons (Fsp3) is 0.150. The fourth-order valence-corrected chi connectivity index (χ4v) is 2.75. The van der Waals surface area contributed by atoms with E-state index in [1.54, 1.807) is 0 Å². The summed E-state index contributed by atoms with van der Waals surface area (Å²) in [6.45, 7) is 1.27. The molecule has 0 saturated carbocycles. The van der Waals surface area contributed by atoms with Crippen molar-refractivity contribution in [1.82, 2.24) is 9.97 Å². The SMILES string of the molecule is C(=CC1OCCO1)c1nc(-c2ccccc2)c(-c2ccccc2)[nH]1. The zero-order chi connectivity index (χ0) is 16.2. The van der Waals surface area contributed by atoms with Gasteiger partial charge in [0.25, 0.3) is 0 Å². The minimum absolute atomic E-state index is 0.282. The van der Waals surface area contributed by atoms with Crippen molar-refractivity contribution in [1.29, 1.82) is 0 Å². The van der Waals surface area contributed by atoms with Gasteiger partial charge in [0, 0.05) is 11.1 Å². The Kier molecular flexibility index (Phi) is 4.23. The topological polar surface area (TPSA) is 47.1 Å². The van der Waals surface area contributed by atoms with Crippen LogP contribution in [0.25, 0.3) is 28.6 Å². The van der Waals surface area contributed by atoms with Gasteiger partial charge in [-0.1, -0.05) is 60.7 Å². The van der Waals surface area contributed by atoms with Crippen molar-refractivity contribution in [3.8, 4) is 22.5 Å². The summed E-state index contributed by atoms with van der Waals surface area (Å²) in [5.41, 5.74) is 4.14. The molecule has 1 fully saturated rings. The third-order valence-electron chi connectivity index (χ3n) is 3.89. The normalized spacial score (nSPS) is 15.3. The van der Waals surface area contributed by atoms with E-state index >= 15 is 0 Å². The van der Waals surface area contributed by atoms with E-state index in [4.69, 9.17) is 14.5 Å². The Morgan fingerprint density at radius 3 is 2.17 bits per heavy atom. The maximum atomic E-state index is 5.43. The molecule has 1 aromatic heterocycles. The van der Waals surface area contributed by atoms with Crippen LogP contribution in [0.4, 0.5) is 0 Å². The van der Waals surface area contributed by atoms with Crippen LogP contribution in [0.15, 0.2) is 66.7 Å². The lowest BCUT2D eigenvalue weighted by atomic mass is 10.1. The molecule has 4 nitrogen and oxygen atoms in total. The first-order chi connectivity index (χ1) is 11.9. The molecule has 0 bridgehead atoms. The van der Waals surface area contributed by atoms with Gasteiger partial charge in [0.15, 0.2) is 6.29 Å². The molecule has 1 N–H and O–H groups in total. The second-order valence-electron chi connectivity index (χ2n) is 5.55. The Balaban J connectivity index is 1.73. The molecular formula is C20H18N2O2. The van der Waals surface area contributed by atoms with E-state index in [-0.39, 0.29) is 6.29 Å². The van der Waals surface area contributed by atoms with Crippen molar-refractivity contribution in [2.24, 2.45) is 0 Å². The highest BCUT2D eigenvalue weighted by atomic mass is 16.7. The molecule has 2 heterocycles. The summed E-state index contributed by atoms with van der Waals surface area (Å²) in [6.07, 6.45) is 3.51. The molecule has 0 spiro atoms. The summed E-state index contributed by atoms with van der Waals surface area (Å²) in [4.78, 5) is 8.18. The van der Waals surface area contributed by atoms with Gasteiger partial charge in [-0.3, -0.25) is 0 Å². The standard InChI is InChI=1S/C20H18N2O2/c1-3-7-15(8-4-1)19-20(16-9-5-2-6-10-16)22-17(21-19)11-12-18-23-13-14-24-18/h1-12,18H,13-14H2,(H,21,22). The fourth-order valence-electron chi connectivity index (χ4n) is 2.75. The molecule has 3 aromatic rings. The molecule has 1 aliphatic rings. The molecule has 120 valence electrons. The van der Waals surface area contributed by atoms with E-state index in [9.17, 15) is 0 Å². The van der Waals surface area contributed by atoms with Crippen LogP contribution in [0.2, 0.25) is 0 Å². The van der Waals surface area contributed by atoms with Crippen LogP contribution in [0.3, 0.4) is 0 Å². The maximum absolute atomic E-state index is 5.43. The van der Waals surface area contributed by atoms with Crippen molar-refractivity contribution in [3.63, 3.8) is 0 Å². The zero-order valence-corrected chi connectivity index (χ0v) is 13.2. The van der Waals surface area contributed by atoms with Gasteiger partial charge in [-0.15, -0.1) is 0 Å². The first-order valence-corrected chi connectivity index (χ1v) is 8.02. The highest BCUT2D eigenvalue weighted by Gasteiger charge is 2.15. The van der Waals surface area contributed by atoms with Crippen molar-refractivity contribution < 1.29 is 9.47 Å². The Hall–Kier alpha value is -2.69. The third-order valence-corrected chi connectivity index (χ3v) is 3.89. The van der Waals surface area contributed by atoms with Crippen LogP contribution in [-0.4, -0.2) is 29.5 Å². The van der Waals surface area contributed by atoms with Crippen LogP contribution in [0.5, 0.6) is 0 Å². The number of nitrogens with one attached hydrogen (secondary N) is 1. The van der Waals surface area contributed by atoms with Gasteiger partial charge in [-0.2, -0.15) is 0 Å². The van der Waals surface area contributed by atoms with Gasteiger partial charge in [0.05, 0.1) is 24.6 Å². The van der Waals surface area contributed by atoms with Crippen molar-refractivity contribution in [3.05, 3.63) is 72.6 Å². The average molecular weight is 318 g/mol. The molecule has 1 aliphatic heterocycles. The van der Waals surface area contributed by atoms with Crippen LogP contribution in [0.1, 0.15) is 5.82 Å². The van der Waals surface area contributed by atoms with Gasteiger partial charge >= 0.3 is 0 Å². The second kappa shape index (κ2) is 6.83. The predicted molar refractivity (Wildman–Crippen MR) is 94.2 cm³/mol. The number of nitrogens with zero attached hydrogens (tertiary/aromatic N) is 1. The Morgan fingerprint density at radius 1 is 0.875 bits per heavy atom. The van der Waals surface area contributed by atoms with Gasteiger partial charge < -0.3 is 14.5 Å². The monoisotopic (exact) mass is 318 g/mol. The van der Waals surface area contributed by atoms with Gasteiger partial charge in [0.1, 0.15) is 5.82 Å². The average Bonchev–Trinajstić information content (AvgIpc) is 3.31. The van der Waals surface area contributed by atoms with Gasteiger partial charge in [-0.05, 0) is 12.2 Å². The van der Waals surface area contributed by atoms with E-state index in [2.05, 4.69) is 29.2 Å². The number of aromatic amines is 1. The summed E-state index contributed by atoms with van der Waals surface area (Å²) in [7, 11) is 0. The molecule has 0 amide bonds. The van der Waals surface area contributed by atoms with Gasteiger partial charge in [-0.25, -0.2) is 4.98 Å². The zero-order valence-electron chi connectivity index (χ0n) is 13.2. The molecule has 2 aromatic carbocycles. The van der Waals surface area contributed by atoms with E-state index in [1.165, 1.54) is 0 Å². The Morgan fingerprint density at radius 2 is 1.50 bits per heavy atom. The summed E-state index contributed by atoms with van der Waals surface area (Å²) in [5.74, 6) is 0.784. The molecule has 1 saturated heterocycles. The quantitative estimate of drug-likeness (QED) is 0.787. The van der Waals surface area contributed by atoms with E-state index in [0.29, 0.717) is 13.2 Å². The lowest BCUT2D eigenvalue weighted by Gasteiger charge is -2.02. The number of H-pyrrole nitrogens is 1. The lowest BCUT2D eigenvalue weighted by molar-refractivity contribution is -0.000926. The molecule has 0 unspecified atom stereocenters. The highest BCUT2D eigenvalue weighted by Crippen LogP contribution is 2.30. The molecule has 4 rings (SSSR count). The van der Waals surface area contributed by atoms with Crippen LogP contribution < -0.4 is 0 Å². The minimum Gasteiger partial charge on any atom is -0.347 e. The molecule has 0 radical (unpaired) electrons. The molecule has 24 heavy (non-hydrogen) atoms. The number of imidazole rings is 1. The molecular weight excluding hydrogens is 300 g/mol. The third kappa shape index (κ3) is 3.15. The van der Waals surface area contributed by atoms with E-state index in [1.807, 2.05) is 48.6 Å². The Bertz CT molecular complexity index is 762. The minimum atomic E-state index is -0.282. The van der Waals surface area contributed by atoms with E-state index < -0.39 is 0 Å². The summed E-state index contributed by atoms with van der Waals surface area (Å²) in [5, 5.41) is 0. The second-order valence-corrected chi connectivity index (χ2v) is 5.55. The van der Waals surface area contributed by atoms with Crippen molar-refractivity contribution in [2.75, 3.05) is 13.2 Å². The summed E-state index contributed by atoms with van der Waals surface area (Å²) in [6, 6.07) is 20.4. The van der Waals surface area contributed by atoms with Crippen molar-refractivity contribution >= 4 is 6.08 Å². The largest absolute Gasteiger partial charge is 0.347 e. The number of benzene rings is 2. The first kappa shape index (κ1) is 14.9. The number of rotatable bonds is 4. The number of hydrogen-bond donors (Lipinski definition) is 1. The number of aromatic nitrogens is 2. The summed E-state index contributed by atoms with van der Waals surface area (Å²) >= 11 is 0.